The third-order valence-electron chi connectivity index (χ3n) is 3.58. The number of aromatic hydroxyl groups is 1. The molecule has 10 heteroatoms. The van der Waals surface area contributed by atoms with Crippen molar-refractivity contribution in [2.75, 3.05) is 12.4 Å². The molecular formula is C15H12N2O6S2. The molecule has 2 aromatic rings. The Morgan fingerprint density at radius 1 is 1.16 bits per heavy atom. The predicted molar refractivity (Wildman–Crippen MR) is 91.8 cm³/mol. The molecule has 2 heterocycles. The Labute approximate surface area is 146 Å². The number of fused-ring (bicyclic) bond motifs is 1. The smallest absolute Gasteiger partial charge is 0.276 e. The molecule has 0 saturated carbocycles. The second kappa shape index (κ2) is 5.90. The Bertz CT molecular complexity index is 1070. The van der Waals surface area contributed by atoms with Gasteiger partial charge in [0.15, 0.2) is 17.2 Å². The molecule has 0 aliphatic carbocycles. The highest BCUT2D eigenvalue weighted by atomic mass is 32.2. The predicted octanol–water partition coefficient (Wildman–Crippen LogP) is 1.31. The van der Waals surface area contributed by atoms with Crippen molar-refractivity contribution in [2.24, 2.45) is 0 Å². The summed E-state index contributed by atoms with van der Waals surface area (Å²) in [6, 6.07) is 6.04. The molecule has 1 aromatic carbocycles. The number of hydrogen-bond acceptors (Lipinski definition) is 7. The molecule has 0 unspecified atom stereocenters. The van der Waals surface area contributed by atoms with Crippen LogP contribution >= 0.6 is 11.3 Å². The van der Waals surface area contributed by atoms with Crippen LogP contribution in [0.1, 0.15) is 4.88 Å². The molecule has 3 rings (SSSR count). The van der Waals surface area contributed by atoms with Crippen LogP contribution in [-0.4, -0.2) is 35.9 Å². The topological polar surface area (TPSA) is 124 Å². The molecule has 0 spiro atoms. The van der Waals surface area contributed by atoms with Crippen molar-refractivity contribution in [1.82, 2.24) is 4.31 Å². The summed E-state index contributed by atoms with van der Waals surface area (Å²) in [6.45, 7) is 0. The first-order valence-corrected chi connectivity index (χ1v) is 9.20. The van der Waals surface area contributed by atoms with Crippen LogP contribution < -0.4 is 10.7 Å². The number of aliphatic hydroxyl groups excluding tert-OH is 1. The van der Waals surface area contributed by atoms with Crippen LogP contribution in [0.25, 0.3) is 5.76 Å². The zero-order chi connectivity index (χ0) is 18.4. The van der Waals surface area contributed by atoms with E-state index in [9.17, 15) is 28.2 Å². The number of rotatable bonds is 2. The third kappa shape index (κ3) is 2.75. The average molecular weight is 380 g/mol. The number of hydrogen-bond donors (Lipinski definition) is 3. The Morgan fingerprint density at radius 2 is 1.84 bits per heavy atom. The number of nitrogens with zero attached hydrogens (tertiary/aromatic N) is 1. The number of carbonyl (C=O) groups is 1. The first-order chi connectivity index (χ1) is 11.7. The summed E-state index contributed by atoms with van der Waals surface area (Å²) >= 11 is 0.999. The van der Waals surface area contributed by atoms with E-state index in [4.69, 9.17) is 0 Å². The van der Waals surface area contributed by atoms with Crippen LogP contribution in [0.5, 0.6) is 5.75 Å². The van der Waals surface area contributed by atoms with Gasteiger partial charge in [-0.2, -0.15) is 0 Å². The van der Waals surface area contributed by atoms with E-state index in [0.717, 1.165) is 30.5 Å². The summed E-state index contributed by atoms with van der Waals surface area (Å²) in [6.07, 6.45) is 0. The zero-order valence-corrected chi connectivity index (χ0v) is 14.4. The summed E-state index contributed by atoms with van der Waals surface area (Å²) in [5.74, 6) is -1.82. The molecule has 25 heavy (non-hydrogen) atoms. The number of nitrogens with one attached hydrogen (secondary N) is 1. The fourth-order valence-corrected chi connectivity index (χ4v) is 4.83. The number of carbonyl (C=O) groups excluding carboxylic acids is 1. The van der Waals surface area contributed by atoms with Crippen molar-refractivity contribution in [1.29, 1.82) is 0 Å². The average Bonchev–Trinajstić information content (AvgIpc) is 3.01. The lowest BCUT2D eigenvalue weighted by Gasteiger charge is -2.26. The van der Waals surface area contributed by atoms with Gasteiger partial charge >= 0.3 is 0 Å². The van der Waals surface area contributed by atoms with Crippen molar-refractivity contribution in [3.8, 4) is 5.75 Å². The lowest BCUT2D eigenvalue weighted by atomic mass is 10.2. The monoisotopic (exact) mass is 380 g/mol. The maximum atomic E-state index is 12.5. The fraction of sp³-hybridized carbons (Fsp3) is 0.0667. The van der Waals surface area contributed by atoms with E-state index in [1.54, 1.807) is 0 Å². The van der Waals surface area contributed by atoms with Crippen molar-refractivity contribution in [2.45, 2.75) is 4.90 Å². The first kappa shape index (κ1) is 17.0. The van der Waals surface area contributed by atoms with E-state index in [1.165, 1.54) is 23.6 Å². The molecule has 0 fully saturated rings. The molecule has 1 aliphatic rings. The molecule has 0 radical (unpaired) electrons. The normalized spacial score (nSPS) is 15.6. The van der Waals surface area contributed by atoms with Gasteiger partial charge < -0.3 is 15.5 Å². The van der Waals surface area contributed by atoms with Gasteiger partial charge in [0.05, 0.1) is 4.88 Å². The fourth-order valence-electron chi connectivity index (χ4n) is 2.28. The number of sulfonamides is 1. The minimum atomic E-state index is -3.95. The summed E-state index contributed by atoms with van der Waals surface area (Å²) in [5, 5.41) is 23.6. The van der Waals surface area contributed by atoms with E-state index in [-0.39, 0.29) is 15.5 Å². The highest BCUT2D eigenvalue weighted by molar-refractivity contribution is 7.89. The number of aliphatic hydroxyl groups is 1. The van der Waals surface area contributed by atoms with Gasteiger partial charge in [-0.3, -0.25) is 13.9 Å². The molecule has 1 aromatic heterocycles. The van der Waals surface area contributed by atoms with Gasteiger partial charge in [-0.25, -0.2) is 8.42 Å². The summed E-state index contributed by atoms with van der Waals surface area (Å²) in [5.41, 5.74) is -0.929. The molecular weight excluding hydrogens is 368 g/mol. The lowest BCUT2D eigenvalue weighted by molar-refractivity contribution is -0.113. The number of thiophene rings is 1. The molecule has 1 amide bonds. The molecule has 0 atom stereocenters. The Hall–Kier alpha value is -2.85. The Balaban J connectivity index is 2.04. The third-order valence-corrected chi connectivity index (χ3v) is 6.43. The SMILES string of the molecule is CN1C(C(=O)Nc2ccc(O)c(=O)cc2)=C(O)c2sccc2S1(=O)=O. The maximum Gasteiger partial charge on any atom is 0.276 e. The standard InChI is InChI=1S/C15H12N2O6S2/c1-17-12(13(20)14-11(6-7-24-14)25(17,22)23)15(21)16-8-2-4-9(18)10(19)5-3-8/h2-7,20H,1H3,(H,16,21)(H,18,19). The number of likely N-dealkylation sites (N-methyl/N-ethyl adjacent to an activating group) is 1. The maximum absolute atomic E-state index is 12.5. The van der Waals surface area contributed by atoms with E-state index < -0.39 is 38.6 Å². The lowest BCUT2D eigenvalue weighted by Crippen LogP contribution is -2.36. The van der Waals surface area contributed by atoms with Gasteiger partial charge in [-0.05, 0) is 35.7 Å². The Kier molecular flexibility index (Phi) is 4.01. The number of amides is 1. The van der Waals surface area contributed by atoms with Gasteiger partial charge in [0.1, 0.15) is 4.90 Å². The second-order valence-electron chi connectivity index (χ2n) is 5.11. The molecule has 0 bridgehead atoms. The number of anilines is 1. The molecule has 130 valence electrons. The molecule has 8 nitrogen and oxygen atoms in total. The molecule has 1 aliphatic heterocycles. The summed E-state index contributed by atoms with van der Waals surface area (Å²) < 4.78 is 25.6. The van der Waals surface area contributed by atoms with Gasteiger partial charge in [0, 0.05) is 12.7 Å². The van der Waals surface area contributed by atoms with Crippen LogP contribution in [0.3, 0.4) is 0 Å². The van der Waals surface area contributed by atoms with Crippen LogP contribution in [0.15, 0.2) is 51.1 Å². The minimum Gasteiger partial charge on any atom is -0.504 e. The van der Waals surface area contributed by atoms with Gasteiger partial charge in [-0.1, -0.05) is 0 Å². The van der Waals surface area contributed by atoms with Crippen LogP contribution in [-0.2, 0) is 14.8 Å². The molecule has 0 saturated heterocycles. The van der Waals surface area contributed by atoms with Crippen molar-refractivity contribution >= 4 is 38.7 Å². The van der Waals surface area contributed by atoms with Gasteiger partial charge in [-0.15, -0.1) is 11.3 Å². The highest BCUT2D eigenvalue weighted by Gasteiger charge is 2.38. The zero-order valence-electron chi connectivity index (χ0n) is 12.8. The van der Waals surface area contributed by atoms with Crippen molar-refractivity contribution in [3.05, 3.63) is 56.5 Å². The minimum absolute atomic E-state index is 0.0684. The van der Waals surface area contributed by atoms with Crippen LogP contribution in [0.2, 0.25) is 0 Å². The van der Waals surface area contributed by atoms with Crippen LogP contribution in [0.4, 0.5) is 5.69 Å². The van der Waals surface area contributed by atoms with Crippen molar-refractivity contribution in [3.63, 3.8) is 0 Å². The van der Waals surface area contributed by atoms with E-state index in [2.05, 4.69) is 5.32 Å². The highest BCUT2D eigenvalue weighted by Crippen LogP contribution is 2.38. The Morgan fingerprint density at radius 3 is 2.56 bits per heavy atom. The molecule has 3 N–H and O–H groups in total. The van der Waals surface area contributed by atoms with Gasteiger partial charge in [0.2, 0.25) is 5.43 Å². The van der Waals surface area contributed by atoms with Crippen molar-refractivity contribution < 1.29 is 23.4 Å². The largest absolute Gasteiger partial charge is 0.504 e. The summed E-state index contributed by atoms with van der Waals surface area (Å²) in [4.78, 5) is 23.9. The second-order valence-corrected chi connectivity index (χ2v) is 7.96. The summed E-state index contributed by atoms with van der Waals surface area (Å²) in [7, 11) is -2.79. The van der Waals surface area contributed by atoms with E-state index in [1.807, 2.05) is 0 Å². The quantitative estimate of drug-likeness (QED) is 0.722. The van der Waals surface area contributed by atoms with E-state index >= 15 is 0 Å². The van der Waals surface area contributed by atoms with Crippen LogP contribution in [0, 0.1) is 0 Å². The van der Waals surface area contributed by atoms with E-state index in [0.29, 0.717) is 4.31 Å². The van der Waals surface area contributed by atoms with Gasteiger partial charge in [0.25, 0.3) is 15.9 Å². The first-order valence-electron chi connectivity index (χ1n) is 6.88.